The van der Waals surface area contributed by atoms with E-state index in [1.165, 1.54) is 25.2 Å². The first kappa shape index (κ1) is 21.9. The van der Waals surface area contributed by atoms with Gasteiger partial charge in [0.05, 0.1) is 31.9 Å². The number of allylic oxidation sites excluding steroid dienone is 1. The number of anilines is 1. The second kappa shape index (κ2) is 7.96. The Bertz CT molecular complexity index is 1270. The number of carbonyl (C=O) groups is 2. The maximum atomic E-state index is 14.1. The van der Waals surface area contributed by atoms with Crippen LogP contribution in [0.15, 0.2) is 72.8 Å². The Morgan fingerprint density at radius 3 is 2.55 bits per heavy atom. The van der Waals surface area contributed by atoms with Crippen molar-refractivity contribution in [3.05, 3.63) is 84.0 Å². The summed E-state index contributed by atoms with van der Waals surface area (Å²) in [5, 5.41) is 21.1. The number of fused-ring (bicyclic) bond motifs is 2. The normalized spacial score (nSPS) is 22.2. The lowest BCUT2D eigenvalue weighted by Gasteiger charge is -2.37. The lowest BCUT2D eigenvalue weighted by Crippen LogP contribution is -2.53. The van der Waals surface area contributed by atoms with Crippen LogP contribution in [0.5, 0.6) is 5.75 Å². The molecule has 0 saturated carbocycles. The lowest BCUT2D eigenvalue weighted by atomic mass is 9.57. The molecule has 4 rings (SSSR count). The molecule has 33 heavy (non-hydrogen) atoms. The third-order valence-corrected chi connectivity index (χ3v) is 6.48. The summed E-state index contributed by atoms with van der Waals surface area (Å²) in [5.41, 5.74) is -2.32. The highest BCUT2D eigenvalue weighted by Gasteiger charge is 2.73. The number of amides is 1. The topological polar surface area (TPSA) is 103 Å². The summed E-state index contributed by atoms with van der Waals surface area (Å²) in [6.45, 7) is 3.89. The smallest absolute Gasteiger partial charge is 0.334 e. The Morgan fingerprint density at radius 1 is 1.18 bits per heavy atom. The van der Waals surface area contributed by atoms with E-state index in [0.29, 0.717) is 22.6 Å². The number of benzene rings is 2. The van der Waals surface area contributed by atoms with Crippen LogP contribution >= 0.6 is 0 Å². The van der Waals surface area contributed by atoms with E-state index in [2.05, 4.69) is 18.7 Å². The van der Waals surface area contributed by atoms with E-state index in [9.17, 15) is 20.1 Å². The molecule has 0 fully saturated rings. The van der Waals surface area contributed by atoms with Crippen molar-refractivity contribution in [2.24, 2.45) is 5.41 Å². The van der Waals surface area contributed by atoms with Crippen molar-refractivity contribution in [2.45, 2.75) is 11.3 Å². The van der Waals surface area contributed by atoms with E-state index < -0.39 is 28.6 Å². The summed E-state index contributed by atoms with van der Waals surface area (Å²) in [6, 6.07) is 18.1. The van der Waals surface area contributed by atoms with Gasteiger partial charge in [0.1, 0.15) is 11.2 Å². The highest BCUT2D eigenvalue weighted by Crippen LogP contribution is 2.65. The molecule has 0 bridgehead atoms. The highest BCUT2D eigenvalue weighted by atomic mass is 16.5. The first-order chi connectivity index (χ1) is 16.0. The average Bonchev–Trinajstić information content (AvgIpc) is 3.30. The van der Waals surface area contributed by atoms with Crippen LogP contribution in [0.1, 0.15) is 17.0 Å². The molecule has 0 saturated heterocycles. The average molecular weight is 439 g/mol. The number of hydrogen-bond donors (Lipinski definition) is 0. The fourth-order valence-electron chi connectivity index (χ4n) is 5.11. The molecule has 164 valence electrons. The molecule has 1 spiro atoms. The number of methoxy groups -OCH3 is 2. The predicted octanol–water partition coefficient (Wildman–Crippen LogP) is 3.40. The van der Waals surface area contributed by atoms with Gasteiger partial charge in [-0.15, -0.1) is 6.58 Å². The molecule has 7 nitrogen and oxygen atoms in total. The lowest BCUT2D eigenvalue weighted by molar-refractivity contribution is -0.139. The van der Waals surface area contributed by atoms with Crippen LogP contribution in [0.3, 0.4) is 0 Å². The minimum Gasteiger partial charge on any atom is -0.497 e. The molecule has 0 aromatic heterocycles. The van der Waals surface area contributed by atoms with Gasteiger partial charge in [0.25, 0.3) is 0 Å². The van der Waals surface area contributed by atoms with Crippen LogP contribution in [0.25, 0.3) is 0 Å². The molecule has 1 aliphatic carbocycles. The van der Waals surface area contributed by atoms with Gasteiger partial charge >= 0.3 is 5.97 Å². The zero-order chi connectivity index (χ0) is 23.8. The largest absolute Gasteiger partial charge is 0.497 e. The van der Waals surface area contributed by atoms with E-state index in [1.807, 2.05) is 0 Å². The second-order valence-corrected chi connectivity index (χ2v) is 7.83. The number of carbonyl (C=O) groups excluding carboxylic acids is 2. The van der Waals surface area contributed by atoms with Crippen molar-refractivity contribution in [3.8, 4) is 17.9 Å². The summed E-state index contributed by atoms with van der Waals surface area (Å²) >= 11 is 0. The highest BCUT2D eigenvalue weighted by molar-refractivity contribution is 6.17. The first-order valence-corrected chi connectivity index (χ1v) is 10.3. The first-order valence-electron chi connectivity index (χ1n) is 10.3. The van der Waals surface area contributed by atoms with E-state index in [4.69, 9.17) is 9.47 Å². The van der Waals surface area contributed by atoms with Gasteiger partial charge < -0.3 is 14.4 Å². The molecule has 0 unspecified atom stereocenters. The van der Waals surface area contributed by atoms with Crippen LogP contribution in [0.4, 0.5) is 5.69 Å². The summed E-state index contributed by atoms with van der Waals surface area (Å²) in [5.74, 6) is -1.66. The Balaban J connectivity index is 2.11. The molecule has 2 atom stereocenters. The molecule has 1 aliphatic heterocycles. The third-order valence-electron chi connectivity index (χ3n) is 6.48. The number of rotatable bonds is 5. The molecule has 2 aromatic rings. The van der Waals surface area contributed by atoms with Crippen molar-refractivity contribution < 1.29 is 19.1 Å². The number of esters is 1. The van der Waals surface area contributed by atoms with E-state index in [1.54, 1.807) is 54.6 Å². The Labute approximate surface area is 191 Å². The molecule has 1 amide bonds. The van der Waals surface area contributed by atoms with Crippen LogP contribution in [0.2, 0.25) is 0 Å². The number of ether oxygens (including phenoxy) is 2. The summed E-state index contributed by atoms with van der Waals surface area (Å²) < 4.78 is 10.4. The van der Waals surface area contributed by atoms with Crippen LogP contribution in [0, 0.1) is 28.1 Å². The van der Waals surface area contributed by atoms with Crippen molar-refractivity contribution in [1.29, 1.82) is 10.5 Å². The van der Waals surface area contributed by atoms with Crippen molar-refractivity contribution in [2.75, 3.05) is 25.7 Å². The monoisotopic (exact) mass is 439 g/mol. The fraction of sp³-hybridized carbons (Fsp3) is 0.231. The standard InChI is InChI=1S/C26H21N3O4/c1-4-12-29-22-11-6-5-10-19(22)26(24(29)31)21(23(30)33-3)14-20(25(26,15-27)16-28)17-8-7-9-18(13-17)32-2/h4-11,13-14,20H,1,12H2,2-3H3/t20-,26-/m0/s1. The van der Waals surface area contributed by atoms with Crippen LogP contribution in [-0.2, 0) is 19.7 Å². The summed E-state index contributed by atoms with van der Waals surface area (Å²) in [7, 11) is 2.72. The van der Waals surface area contributed by atoms with E-state index in [0.717, 1.165) is 0 Å². The van der Waals surface area contributed by atoms with E-state index >= 15 is 0 Å². The minimum atomic E-state index is -1.95. The molecule has 0 N–H and O–H groups in total. The molecular weight excluding hydrogens is 418 g/mol. The van der Waals surface area contributed by atoms with Crippen molar-refractivity contribution >= 4 is 17.6 Å². The predicted molar refractivity (Wildman–Crippen MR) is 120 cm³/mol. The Kier molecular flexibility index (Phi) is 5.27. The molecule has 7 heteroatoms. The fourth-order valence-corrected chi connectivity index (χ4v) is 5.11. The van der Waals surface area contributed by atoms with Gasteiger partial charge in [-0.25, -0.2) is 4.79 Å². The minimum absolute atomic E-state index is 0.0232. The van der Waals surface area contributed by atoms with E-state index in [-0.39, 0.29) is 12.1 Å². The van der Waals surface area contributed by atoms with Gasteiger partial charge in [-0.1, -0.05) is 42.5 Å². The van der Waals surface area contributed by atoms with Crippen LogP contribution < -0.4 is 9.64 Å². The maximum Gasteiger partial charge on any atom is 0.334 e. The Hall–Kier alpha value is -4.36. The zero-order valence-electron chi connectivity index (χ0n) is 18.2. The molecule has 0 radical (unpaired) electrons. The molecule has 1 heterocycles. The summed E-state index contributed by atoms with van der Waals surface area (Å²) in [4.78, 5) is 28.7. The van der Waals surface area contributed by atoms with Gasteiger partial charge in [-0.05, 0) is 29.3 Å². The Morgan fingerprint density at radius 2 is 1.91 bits per heavy atom. The number of nitrogens with zero attached hydrogens (tertiary/aromatic N) is 3. The van der Waals surface area contributed by atoms with Crippen LogP contribution in [-0.4, -0.2) is 32.6 Å². The summed E-state index contributed by atoms with van der Waals surface area (Å²) in [6.07, 6.45) is 3.09. The van der Waals surface area contributed by atoms with Gasteiger partial charge in [0.15, 0.2) is 5.41 Å². The molecular formula is C26H21N3O4. The SMILES string of the molecule is C=CCN1C(=O)[C@@]2(C(C(=O)OC)=C[C@@H](c3cccc(OC)c3)C2(C#N)C#N)c2ccccc21. The zero-order valence-corrected chi connectivity index (χ0v) is 18.2. The second-order valence-electron chi connectivity index (χ2n) is 7.83. The quantitative estimate of drug-likeness (QED) is 0.523. The van der Waals surface area contributed by atoms with Gasteiger partial charge in [-0.2, -0.15) is 10.5 Å². The number of para-hydroxylation sites is 1. The third kappa shape index (κ3) is 2.66. The number of hydrogen-bond acceptors (Lipinski definition) is 6. The molecule has 2 aromatic carbocycles. The van der Waals surface area contributed by atoms with Crippen molar-refractivity contribution in [3.63, 3.8) is 0 Å². The maximum absolute atomic E-state index is 14.1. The van der Waals surface area contributed by atoms with Gasteiger partial charge in [-0.3, -0.25) is 4.79 Å². The number of nitriles is 2. The molecule has 2 aliphatic rings. The van der Waals surface area contributed by atoms with Gasteiger partial charge in [0.2, 0.25) is 5.91 Å². The van der Waals surface area contributed by atoms with Crippen molar-refractivity contribution in [1.82, 2.24) is 0 Å². The van der Waals surface area contributed by atoms with Gasteiger partial charge in [0, 0.05) is 18.2 Å².